The Morgan fingerprint density at radius 2 is 1.64 bits per heavy atom. The Labute approximate surface area is 231 Å². The van der Waals surface area contributed by atoms with Crippen molar-refractivity contribution in [3.8, 4) is 0 Å². The van der Waals surface area contributed by atoms with Crippen LogP contribution in [0.3, 0.4) is 0 Å². The standard InChI is InChI=1S/C29H30ClF2N3O4/c1-2-38-28(36)21-5-3-6-23(17-21)33-29(37)35-15-13-34(14-16-35)18-27(20-9-11-22(30)12-10-20)39-19-24-25(31)7-4-8-26(24)32/h3-12,17,27H,2,13-16,18-19H2,1H3,(H,33,37). The molecule has 1 N–H and O–H groups in total. The van der Waals surface area contributed by atoms with Gasteiger partial charge in [-0.3, -0.25) is 4.90 Å². The van der Waals surface area contributed by atoms with Crippen LogP contribution in [0.15, 0.2) is 66.7 Å². The molecule has 0 saturated carbocycles. The van der Waals surface area contributed by atoms with Crippen LogP contribution in [0.25, 0.3) is 0 Å². The quantitative estimate of drug-likeness (QED) is 0.332. The van der Waals surface area contributed by atoms with Crippen LogP contribution in [0.5, 0.6) is 0 Å². The minimum absolute atomic E-state index is 0.120. The number of rotatable bonds is 9. The van der Waals surface area contributed by atoms with Gasteiger partial charge in [0.05, 0.1) is 24.9 Å². The molecule has 39 heavy (non-hydrogen) atoms. The Morgan fingerprint density at radius 3 is 2.31 bits per heavy atom. The highest BCUT2D eigenvalue weighted by atomic mass is 35.5. The molecule has 1 heterocycles. The molecule has 1 aliphatic heterocycles. The maximum absolute atomic E-state index is 14.2. The van der Waals surface area contributed by atoms with Gasteiger partial charge >= 0.3 is 12.0 Å². The predicted molar refractivity (Wildman–Crippen MR) is 145 cm³/mol. The molecule has 1 atom stereocenters. The molecule has 0 spiro atoms. The van der Waals surface area contributed by atoms with Crippen molar-refractivity contribution in [1.82, 2.24) is 9.80 Å². The number of nitrogens with zero attached hydrogens (tertiary/aromatic N) is 2. The molecular weight excluding hydrogens is 528 g/mol. The lowest BCUT2D eigenvalue weighted by Crippen LogP contribution is -2.50. The van der Waals surface area contributed by atoms with Crippen LogP contribution in [0, 0.1) is 11.6 Å². The fourth-order valence-corrected chi connectivity index (χ4v) is 4.42. The number of carbonyl (C=O) groups excluding carboxylic acids is 2. The molecule has 4 rings (SSSR count). The highest BCUT2D eigenvalue weighted by Gasteiger charge is 2.25. The smallest absolute Gasteiger partial charge is 0.338 e. The van der Waals surface area contributed by atoms with Crippen molar-refractivity contribution in [2.24, 2.45) is 0 Å². The molecule has 10 heteroatoms. The van der Waals surface area contributed by atoms with Crippen molar-refractivity contribution in [2.75, 3.05) is 44.6 Å². The third-order valence-corrected chi connectivity index (χ3v) is 6.69. The third kappa shape index (κ3) is 7.75. The summed E-state index contributed by atoms with van der Waals surface area (Å²) in [5, 5.41) is 3.41. The summed E-state index contributed by atoms with van der Waals surface area (Å²) in [6.07, 6.45) is -0.465. The second-order valence-corrected chi connectivity index (χ2v) is 9.51. The molecule has 7 nitrogen and oxygen atoms in total. The average molecular weight is 558 g/mol. The van der Waals surface area contributed by atoms with Gasteiger partial charge in [0.15, 0.2) is 0 Å². The van der Waals surface area contributed by atoms with Gasteiger partial charge in [-0.25, -0.2) is 18.4 Å². The Morgan fingerprint density at radius 1 is 0.974 bits per heavy atom. The van der Waals surface area contributed by atoms with E-state index in [1.807, 2.05) is 12.1 Å². The molecule has 1 aliphatic rings. The molecule has 0 aliphatic carbocycles. The Bertz CT molecular complexity index is 1260. The normalized spacial score (nSPS) is 14.6. The number of ether oxygens (including phenoxy) is 2. The van der Waals surface area contributed by atoms with E-state index in [2.05, 4.69) is 10.2 Å². The van der Waals surface area contributed by atoms with Gasteiger partial charge in [-0.05, 0) is 55.0 Å². The monoisotopic (exact) mass is 557 g/mol. The van der Waals surface area contributed by atoms with E-state index in [4.69, 9.17) is 21.1 Å². The van der Waals surface area contributed by atoms with E-state index in [1.54, 1.807) is 48.2 Å². The Kier molecular flexibility index (Phi) is 9.86. The van der Waals surface area contributed by atoms with Crippen LogP contribution in [-0.2, 0) is 16.1 Å². The van der Waals surface area contributed by atoms with E-state index in [0.717, 1.165) is 5.56 Å². The lowest BCUT2D eigenvalue weighted by Gasteiger charge is -2.36. The largest absolute Gasteiger partial charge is 0.462 e. The van der Waals surface area contributed by atoms with Gasteiger partial charge in [0.1, 0.15) is 11.6 Å². The average Bonchev–Trinajstić information content (AvgIpc) is 2.93. The molecule has 0 bridgehead atoms. The summed E-state index contributed by atoms with van der Waals surface area (Å²) in [7, 11) is 0. The molecule has 0 aromatic heterocycles. The zero-order valence-corrected chi connectivity index (χ0v) is 22.3. The minimum Gasteiger partial charge on any atom is -0.462 e. The topological polar surface area (TPSA) is 71.1 Å². The van der Waals surface area contributed by atoms with Crippen molar-refractivity contribution < 1.29 is 27.8 Å². The van der Waals surface area contributed by atoms with E-state index in [0.29, 0.717) is 49.0 Å². The van der Waals surface area contributed by atoms with E-state index in [1.165, 1.54) is 18.2 Å². The van der Waals surface area contributed by atoms with Crippen LogP contribution in [-0.4, -0.2) is 61.1 Å². The number of hydrogen-bond acceptors (Lipinski definition) is 5. The van der Waals surface area contributed by atoms with E-state index >= 15 is 0 Å². The van der Waals surface area contributed by atoms with Gasteiger partial charge in [-0.2, -0.15) is 0 Å². The van der Waals surface area contributed by atoms with Crippen LogP contribution in [0.4, 0.5) is 19.3 Å². The number of urea groups is 1. The zero-order chi connectivity index (χ0) is 27.8. The predicted octanol–water partition coefficient (Wildman–Crippen LogP) is 5.90. The van der Waals surface area contributed by atoms with E-state index < -0.39 is 23.7 Å². The van der Waals surface area contributed by atoms with E-state index in [-0.39, 0.29) is 24.8 Å². The maximum Gasteiger partial charge on any atom is 0.338 e. The first-order valence-electron chi connectivity index (χ1n) is 12.7. The summed E-state index contributed by atoms with van der Waals surface area (Å²) in [5.41, 5.74) is 1.58. The molecule has 2 amide bonds. The number of carbonyl (C=O) groups is 2. The van der Waals surface area contributed by atoms with Gasteiger partial charge in [0.25, 0.3) is 0 Å². The van der Waals surface area contributed by atoms with Gasteiger partial charge in [0, 0.05) is 49.0 Å². The van der Waals surface area contributed by atoms with Gasteiger partial charge in [-0.15, -0.1) is 0 Å². The molecule has 1 saturated heterocycles. The van der Waals surface area contributed by atoms with E-state index in [9.17, 15) is 18.4 Å². The van der Waals surface area contributed by atoms with Crippen molar-refractivity contribution in [3.63, 3.8) is 0 Å². The molecular formula is C29H30ClF2N3O4. The fourth-order valence-electron chi connectivity index (χ4n) is 4.29. The Balaban J connectivity index is 1.35. The summed E-state index contributed by atoms with van der Waals surface area (Å²) < 4.78 is 39.4. The Hall–Kier alpha value is -3.53. The summed E-state index contributed by atoms with van der Waals surface area (Å²) in [6, 6.07) is 17.2. The lowest BCUT2D eigenvalue weighted by molar-refractivity contribution is 0.00376. The van der Waals surface area contributed by atoms with Crippen molar-refractivity contribution in [3.05, 3.63) is 100 Å². The van der Waals surface area contributed by atoms with Crippen molar-refractivity contribution >= 4 is 29.3 Å². The zero-order valence-electron chi connectivity index (χ0n) is 21.5. The minimum atomic E-state index is -0.655. The van der Waals surface area contributed by atoms with Gasteiger partial charge in [0.2, 0.25) is 0 Å². The number of nitrogens with one attached hydrogen (secondary N) is 1. The SMILES string of the molecule is CCOC(=O)c1cccc(NC(=O)N2CCN(CC(OCc3c(F)cccc3F)c3ccc(Cl)cc3)CC2)c1. The van der Waals surface area contributed by atoms with Crippen LogP contribution < -0.4 is 5.32 Å². The summed E-state index contributed by atoms with van der Waals surface area (Å²) in [4.78, 5) is 28.7. The van der Waals surface area contributed by atoms with Crippen LogP contribution >= 0.6 is 11.6 Å². The number of benzene rings is 3. The van der Waals surface area contributed by atoms with Crippen molar-refractivity contribution in [1.29, 1.82) is 0 Å². The fraction of sp³-hybridized carbons (Fsp3) is 0.310. The first-order chi connectivity index (χ1) is 18.8. The molecule has 3 aromatic rings. The lowest BCUT2D eigenvalue weighted by atomic mass is 10.1. The molecule has 3 aromatic carbocycles. The number of amides is 2. The van der Waals surface area contributed by atoms with Gasteiger partial charge in [-0.1, -0.05) is 35.9 Å². The van der Waals surface area contributed by atoms with Gasteiger partial charge < -0.3 is 19.7 Å². The van der Waals surface area contributed by atoms with Crippen LogP contribution in [0.1, 0.15) is 34.5 Å². The maximum atomic E-state index is 14.2. The van der Waals surface area contributed by atoms with Crippen molar-refractivity contribution in [2.45, 2.75) is 19.6 Å². The number of esters is 1. The molecule has 0 radical (unpaired) electrons. The van der Waals surface area contributed by atoms with Crippen LogP contribution in [0.2, 0.25) is 5.02 Å². The first-order valence-corrected chi connectivity index (χ1v) is 13.1. The third-order valence-electron chi connectivity index (χ3n) is 6.44. The highest BCUT2D eigenvalue weighted by Crippen LogP contribution is 2.25. The number of hydrogen-bond donors (Lipinski definition) is 1. The summed E-state index contributed by atoms with van der Waals surface area (Å²) in [6.45, 7) is 4.35. The summed E-state index contributed by atoms with van der Waals surface area (Å²) >= 11 is 6.05. The number of halogens is 3. The second kappa shape index (κ2) is 13.5. The number of piperazine rings is 1. The molecule has 1 unspecified atom stereocenters. The number of anilines is 1. The molecule has 206 valence electrons. The highest BCUT2D eigenvalue weighted by molar-refractivity contribution is 6.30. The second-order valence-electron chi connectivity index (χ2n) is 9.07. The summed E-state index contributed by atoms with van der Waals surface area (Å²) in [5.74, 6) is -1.76. The molecule has 1 fully saturated rings. The first kappa shape index (κ1) is 28.5.